The average molecular weight is 326 g/mol. The lowest BCUT2D eigenvalue weighted by Crippen LogP contribution is -2.23. The number of rotatable bonds is 5. The molecule has 0 fully saturated rings. The van der Waals surface area contributed by atoms with Gasteiger partial charge in [0.15, 0.2) is 6.10 Å². The molecule has 1 aromatic carbocycles. The highest BCUT2D eigenvalue weighted by Gasteiger charge is 2.20. The Balaban J connectivity index is 1.62. The van der Waals surface area contributed by atoms with Crippen molar-refractivity contribution in [2.24, 2.45) is 0 Å². The third kappa shape index (κ3) is 3.77. The van der Waals surface area contributed by atoms with Crippen LogP contribution < -0.4 is 0 Å². The molecule has 0 saturated heterocycles. The van der Waals surface area contributed by atoms with Crippen molar-refractivity contribution >= 4 is 29.2 Å². The van der Waals surface area contributed by atoms with Gasteiger partial charge >= 0.3 is 5.97 Å². The lowest BCUT2D eigenvalue weighted by Gasteiger charge is -2.11. The minimum atomic E-state index is -0.783. The largest absolute Gasteiger partial charge is 0.451 e. The summed E-state index contributed by atoms with van der Waals surface area (Å²) in [7, 11) is 0. The average Bonchev–Trinajstić information content (AvgIpc) is 3.22. The van der Waals surface area contributed by atoms with Crippen molar-refractivity contribution in [1.29, 1.82) is 0 Å². The fourth-order valence-corrected chi connectivity index (χ4v) is 3.39. The molecule has 1 aliphatic carbocycles. The Labute approximate surface area is 139 Å². The normalized spacial score (nSPS) is 14.7. The molecule has 4 heteroatoms. The molecular weight excluding hydrogens is 308 g/mol. The number of carbonyl (C=O) groups excluding carboxylic acids is 2. The van der Waals surface area contributed by atoms with E-state index in [1.807, 2.05) is 35.0 Å². The summed E-state index contributed by atoms with van der Waals surface area (Å²) >= 11 is 1.56. The molecule has 0 saturated carbocycles. The van der Waals surface area contributed by atoms with E-state index in [1.165, 1.54) is 17.2 Å². The number of carbonyl (C=O) groups is 2. The minimum Gasteiger partial charge on any atom is -0.451 e. The predicted molar refractivity (Wildman–Crippen MR) is 91.7 cm³/mol. The second-order valence-electron chi connectivity index (χ2n) is 5.67. The van der Waals surface area contributed by atoms with Gasteiger partial charge < -0.3 is 4.74 Å². The van der Waals surface area contributed by atoms with E-state index in [9.17, 15) is 9.59 Å². The van der Waals surface area contributed by atoms with Crippen molar-refractivity contribution in [3.05, 3.63) is 63.4 Å². The Morgan fingerprint density at radius 1 is 1.22 bits per heavy atom. The quantitative estimate of drug-likeness (QED) is 0.473. The van der Waals surface area contributed by atoms with Crippen molar-refractivity contribution in [2.45, 2.75) is 32.3 Å². The second-order valence-corrected chi connectivity index (χ2v) is 6.45. The predicted octanol–water partition coefficient (Wildman–Crippen LogP) is 4.06. The fraction of sp³-hybridized carbons (Fsp3) is 0.263. The van der Waals surface area contributed by atoms with E-state index >= 15 is 0 Å². The van der Waals surface area contributed by atoms with Gasteiger partial charge in [-0.05, 0) is 71.8 Å². The van der Waals surface area contributed by atoms with Crippen LogP contribution in [-0.4, -0.2) is 17.9 Å². The Morgan fingerprint density at radius 3 is 2.83 bits per heavy atom. The summed E-state index contributed by atoms with van der Waals surface area (Å²) in [6, 6.07) is 7.70. The smallest absolute Gasteiger partial charge is 0.331 e. The van der Waals surface area contributed by atoms with Crippen LogP contribution in [0, 0.1) is 0 Å². The van der Waals surface area contributed by atoms with E-state index in [0.29, 0.717) is 5.56 Å². The zero-order chi connectivity index (χ0) is 16.2. The minimum absolute atomic E-state index is 0.156. The maximum Gasteiger partial charge on any atom is 0.331 e. The lowest BCUT2D eigenvalue weighted by atomic mass is 10.0. The molecule has 3 nitrogen and oxygen atoms in total. The van der Waals surface area contributed by atoms with Crippen LogP contribution >= 0.6 is 11.3 Å². The fourth-order valence-electron chi connectivity index (χ4n) is 2.76. The van der Waals surface area contributed by atoms with Gasteiger partial charge in [-0.15, -0.1) is 0 Å². The summed E-state index contributed by atoms with van der Waals surface area (Å²) in [6.45, 7) is 1.62. The number of esters is 1. The molecule has 0 amide bonds. The molecule has 1 aromatic heterocycles. The Hall–Kier alpha value is -2.20. The Morgan fingerprint density at radius 2 is 2.04 bits per heavy atom. The van der Waals surface area contributed by atoms with Gasteiger partial charge in [-0.3, -0.25) is 4.79 Å². The summed E-state index contributed by atoms with van der Waals surface area (Å²) in [6.07, 6.45) is 5.51. The highest BCUT2D eigenvalue weighted by molar-refractivity contribution is 7.08. The summed E-state index contributed by atoms with van der Waals surface area (Å²) < 4.78 is 5.21. The van der Waals surface area contributed by atoms with Crippen molar-refractivity contribution < 1.29 is 14.3 Å². The van der Waals surface area contributed by atoms with Crippen LogP contribution in [0.5, 0.6) is 0 Å². The SMILES string of the molecule is C[C@@H](OC(=O)/C=C/c1ccsc1)C(=O)c1ccc2c(c1)CCC2. The van der Waals surface area contributed by atoms with E-state index < -0.39 is 12.1 Å². The van der Waals surface area contributed by atoms with Crippen LogP contribution in [0.4, 0.5) is 0 Å². The van der Waals surface area contributed by atoms with Crippen molar-refractivity contribution in [3.8, 4) is 0 Å². The third-order valence-corrected chi connectivity index (χ3v) is 4.70. The number of fused-ring (bicyclic) bond motifs is 1. The molecule has 2 aromatic rings. The van der Waals surface area contributed by atoms with Gasteiger partial charge in [0.25, 0.3) is 0 Å². The summed E-state index contributed by atoms with van der Waals surface area (Å²) in [5, 5.41) is 3.87. The van der Waals surface area contributed by atoms with Crippen LogP contribution in [-0.2, 0) is 22.4 Å². The van der Waals surface area contributed by atoms with Gasteiger partial charge in [-0.2, -0.15) is 11.3 Å². The molecule has 0 N–H and O–H groups in total. The highest BCUT2D eigenvalue weighted by Crippen LogP contribution is 2.23. The molecule has 23 heavy (non-hydrogen) atoms. The molecule has 3 rings (SSSR count). The van der Waals surface area contributed by atoms with Gasteiger partial charge in [-0.1, -0.05) is 12.1 Å². The number of hydrogen-bond acceptors (Lipinski definition) is 4. The topological polar surface area (TPSA) is 43.4 Å². The Bertz CT molecular complexity index is 744. The molecule has 0 aliphatic heterocycles. The highest BCUT2D eigenvalue weighted by atomic mass is 32.1. The number of hydrogen-bond donors (Lipinski definition) is 0. The van der Waals surface area contributed by atoms with Gasteiger partial charge in [0.2, 0.25) is 5.78 Å². The van der Waals surface area contributed by atoms with E-state index in [2.05, 4.69) is 0 Å². The van der Waals surface area contributed by atoms with E-state index in [4.69, 9.17) is 4.74 Å². The standard InChI is InChI=1S/C19H18O3S/c1-13(22-18(20)8-5-14-9-10-23-12-14)19(21)17-7-6-15-3-2-4-16(15)11-17/h5-13H,2-4H2,1H3/b8-5+/t13-/m1/s1. The van der Waals surface area contributed by atoms with Crippen LogP contribution in [0.15, 0.2) is 41.1 Å². The molecule has 1 aliphatic rings. The molecule has 0 radical (unpaired) electrons. The summed E-state index contributed by atoms with van der Waals surface area (Å²) in [4.78, 5) is 24.2. The van der Waals surface area contributed by atoms with Gasteiger partial charge in [0.05, 0.1) is 0 Å². The van der Waals surface area contributed by atoms with E-state index in [-0.39, 0.29) is 5.78 Å². The summed E-state index contributed by atoms with van der Waals surface area (Å²) in [5.41, 5.74) is 4.13. The van der Waals surface area contributed by atoms with Crippen LogP contribution in [0.1, 0.15) is 40.4 Å². The first kappa shape index (κ1) is 15.7. The molecule has 0 bridgehead atoms. The van der Waals surface area contributed by atoms with Crippen LogP contribution in [0.25, 0.3) is 6.08 Å². The van der Waals surface area contributed by atoms with E-state index in [0.717, 1.165) is 24.8 Å². The van der Waals surface area contributed by atoms with Gasteiger partial charge in [-0.25, -0.2) is 4.79 Å². The molecule has 1 atom stereocenters. The zero-order valence-electron chi connectivity index (χ0n) is 13.0. The monoisotopic (exact) mass is 326 g/mol. The first-order valence-electron chi connectivity index (χ1n) is 7.70. The third-order valence-electron chi connectivity index (χ3n) is 4.00. The number of ether oxygens (including phenoxy) is 1. The van der Waals surface area contributed by atoms with Gasteiger partial charge in [0.1, 0.15) is 0 Å². The maximum atomic E-state index is 12.4. The number of ketones is 1. The first-order valence-corrected chi connectivity index (χ1v) is 8.64. The van der Waals surface area contributed by atoms with Crippen molar-refractivity contribution in [3.63, 3.8) is 0 Å². The molecule has 0 unspecified atom stereocenters. The van der Waals surface area contributed by atoms with Crippen molar-refractivity contribution in [2.75, 3.05) is 0 Å². The molecule has 0 spiro atoms. The molecular formula is C19H18O3S. The zero-order valence-corrected chi connectivity index (χ0v) is 13.8. The van der Waals surface area contributed by atoms with Gasteiger partial charge in [0, 0.05) is 11.6 Å². The first-order chi connectivity index (χ1) is 11.1. The van der Waals surface area contributed by atoms with E-state index in [1.54, 1.807) is 24.3 Å². The summed E-state index contributed by atoms with van der Waals surface area (Å²) in [5.74, 6) is -0.657. The lowest BCUT2D eigenvalue weighted by molar-refractivity contribution is -0.140. The van der Waals surface area contributed by atoms with Crippen LogP contribution in [0.3, 0.4) is 0 Å². The number of aryl methyl sites for hydroxylation is 2. The number of thiophene rings is 1. The maximum absolute atomic E-state index is 12.4. The van der Waals surface area contributed by atoms with Crippen molar-refractivity contribution in [1.82, 2.24) is 0 Å². The molecule has 1 heterocycles. The number of benzene rings is 1. The van der Waals surface area contributed by atoms with Crippen LogP contribution in [0.2, 0.25) is 0 Å². The Kier molecular flexibility index (Phi) is 4.72. The second kappa shape index (κ2) is 6.92. The molecule has 118 valence electrons. The number of Topliss-reactive ketones (excluding diaryl/α,β-unsaturated/α-hetero) is 1.